The van der Waals surface area contributed by atoms with Crippen molar-refractivity contribution in [3.8, 4) is 11.5 Å². The Morgan fingerprint density at radius 2 is 1.87 bits per heavy atom. The highest BCUT2D eigenvalue weighted by molar-refractivity contribution is 14.0. The van der Waals surface area contributed by atoms with Gasteiger partial charge >= 0.3 is 0 Å². The average molecular weight is 547 g/mol. The van der Waals surface area contributed by atoms with Gasteiger partial charge in [0.05, 0.1) is 26.8 Å². The maximum atomic E-state index is 5.48. The van der Waals surface area contributed by atoms with Gasteiger partial charge < -0.3 is 24.6 Å². The third-order valence-electron chi connectivity index (χ3n) is 4.80. The molecule has 2 rings (SSSR count). The van der Waals surface area contributed by atoms with Crippen LogP contribution in [0.3, 0.4) is 0 Å². The smallest absolute Gasteiger partial charge is 0.193 e. The molecular weight excluding hydrogens is 511 g/mol. The molecule has 1 N–H and O–H groups in total. The number of halogens is 1. The van der Waals surface area contributed by atoms with Gasteiger partial charge in [0.1, 0.15) is 0 Å². The molecule has 2 aromatic rings. The highest BCUT2D eigenvalue weighted by Crippen LogP contribution is 2.31. The van der Waals surface area contributed by atoms with Crippen molar-refractivity contribution in [2.45, 2.75) is 19.4 Å². The zero-order valence-electron chi connectivity index (χ0n) is 18.8. The minimum absolute atomic E-state index is 0. The molecule has 168 valence electrons. The number of methoxy groups -OCH3 is 2. The van der Waals surface area contributed by atoms with Crippen molar-refractivity contribution in [2.75, 3.05) is 55.0 Å². The van der Waals surface area contributed by atoms with E-state index < -0.39 is 0 Å². The third kappa shape index (κ3) is 7.63. The van der Waals surface area contributed by atoms with E-state index in [4.69, 9.17) is 14.5 Å². The SMILES string of the molecule is CCNC(=NCC(c1ccc(OC)c(OC)c1)N(C)C)N(C)CCc1cccs1.I. The van der Waals surface area contributed by atoms with Crippen LogP contribution in [0.2, 0.25) is 0 Å². The van der Waals surface area contributed by atoms with Gasteiger partial charge in [0.15, 0.2) is 17.5 Å². The second-order valence-electron chi connectivity index (χ2n) is 7.04. The number of hydrogen-bond donors (Lipinski definition) is 1. The molecule has 0 spiro atoms. The van der Waals surface area contributed by atoms with Crippen LogP contribution in [0.25, 0.3) is 0 Å². The molecule has 0 aliphatic rings. The average Bonchev–Trinajstić information content (AvgIpc) is 3.24. The fourth-order valence-corrected chi connectivity index (χ4v) is 3.81. The summed E-state index contributed by atoms with van der Waals surface area (Å²) in [4.78, 5) is 10.7. The van der Waals surface area contributed by atoms with Crippen LogP contribution in [0.15, 0.2) is 40.7 Å². The Balaban J connectivity index is 0.00000450. The monoisotopic (exact) mass is 546 g/mol. The van der Waals surface area contributed by atoms with Gasteiger partial charge in [-0.25, -0.2) is 0 Å². The molecule has 1 atom stereocenters. The second kappa shape index (κ2) is 13.7. The molecule has 0 aliphatic carbocycles. The molecule has 0 amide bonds. The van der Waals surface area contributed by atoms with Crippen molar-refractivity contribution < 1.29 is 9.47 Å². The van der Waals surface area contributed by atoms with Crippen molar-refractivity contribution >= 4 is 41.3 Å². The molecule has 1 aromatic carbocycles. The lowest BCUT2D eigenvalue weighted by atomic mass is 10.1. The summed E-state index contributed by atoms with van der Waals surface area (Å²) in [6.45, 7) is 4.51. The fourth-order valence-electron chi connectivity index (χ4n) is 3.11. The third-order valence-corrected chi connectivity index (χ3v) is 5.74. The summed E-state index contributed by atoms with van der Waals surface area (Å²) in [6.07, 6.45) is 1.02. The number of hydrogen-bond acceptors (Lipinski definition) is 5. The van der Waals surface area contributed by atoms with Crippen molar-refractivity contribution in [2.24, 2.45) is 4.99 Å². The zero-order chi connectivity index (χ0) is 21.2. The standard InChI is InChI=1S/C22H34N4O2S.HI/c1-7-23-22(26(4)13-12-18-9-8-14-29-18)24-16-19(25(2)3)17-10-11-20(27-5)21(15-17)28-6;/h8-11,14-15,19H,7,12-13,16H2,1-6H3,(H,23,24);1H. The Labute approximate surface area is 202 Å². The number of benzene rings is 1. The summed E-state index contributed by atoms with van der Waals surface area (Å²) in [5.74, 6) is 2.40. The van der Waals surface area contributed by atoms with Gasteiger partial charge in [0, 0.05) is 25.0 Å². The van der Waals surface area contributed by atoms with E-state index in [0.717, 1.165) is 42.5 Å². The van der Waals surface area contributed by atoms with E-state index in [1.165, 1.54) is 4.88 Å². The molecular formula is C22H35IN4O2S. The molecule has 0 bridgehead atoms. The second-order valence-corrected chi connectivity index (χ2v) is 8.07. The number of thiophene rings is 1. The van der Waals surface area contributed by atoms with Crippen LogP contribution in [0.5, 0.6) is 11.5 Å². The van der Waals surface area contributed by atoms with Gasteiger partial charge in [0.25, 0.3) is 0 Å². The first-order chi connectivity index (χ1) is 14.0. The van der Waals surface area contributed by atoms with Gasteiger partial charge in [-0.1, -0.05) is 12.1 Å². The molecule has 0 saturated carbocycles. The maximum Gasteiger partial charge on any atom is 0.193 e. The van der Waals surface area contributed by atoms with E-state index >= 15 is 0 Å². The van der Waals surface area contributed by atoms with Crippen LogP contribution in [-0.4, -0.2) is 70.8 Å². The minimum atomic E-state index is 0. The summed E-state index contributed by atoms with van der Waals surface area (Å²) >= 11 is 1.80. The largest absolute Gasteiger partial charge is 0.493 e. The summed E-state index contributed by atoms with van der Waals surface area (Å²) in [5, 5.41) is 5.54. The van der Waals surface area contributed by atoms with E-state index in [1.54, 1.807) is 25.6 Å². The number of ether oxygens (including phenoxy) is 2. The minimum Gasteiger partial charge on any atom is -0.493 e. The normalized spacial score (nSPS) is 12.3. The van der Waals surface area contributed by atoms with Crippen molar-refractivity contribution in [3.63, 3.8) is 0 Å². The van der Waals surface area contributed by atoms with Crippen LogP contribution >= 0.6 is 35.3 Å². The first kappa shape index (κ1) is 26.5. The summed E-state index contributed by atoms with van der Waals surface area (Å²) < 4.78 is 10.8. The van der Waals surface area contributed by atoms with E-state index in [1.807, 2.05) is 12.1 Å². The van der Waals surface area contributed by atoms with Gasteiger partial charge in [0.2, 0.25) is 0 Å². The van der Waals surface area contributed by atoms with Crippen molar-refractivity contribution in [1.82, 2.24) is 15.1 Å². The highest BCUT2D eigenvalue weighted by Gasteiger charge is 2.17. The van der Waals surface area contributed by atoms with E-state index in [-0.39, 0.29) is 30.0 Å². The Kier molecular flexibility index (Phi) is 12.1. The molecule has 0 fully saturated rings. The molecule has 0 saturated heterocycles. The predicted octanol–water partition coefficient (Wildman–Crippen LogP) is 4.13. The maximum absolute atomic E-state index is 5.48. The Morgan fingerprint density at radius 3 is 2.43 bits per heavy atom. The fraction of sp³-hybridized carbons (Fsp3) is 0.500. The number of aliphatic imine (C=N–C) groups is 1. The van der Waals surface area contributed by atoms with Crippen molar-refractivity contribution in [1.29, 1.82) is 0 Å². The van der Waals surface area contributed by atoms with Gasteiger partial charge in [-0.3, -0.25) is 4.99 Å². The van der Waals surface area contributed by atoms with E-state index in [9.17, 15) is 0 Å². The lowest BCUT2D eigenvalue weighted by Crippen LogP contribution is -2.40. The van der Waals surface area contributed by atoms with Crippen LogP contribution < -0.4 is 14.8 Å². The lowest BCUT2D eigenvalue weighted by Gasteiger charge is -2.26. The number of likely N-dealkylation sites (N-methyl/N-ethyl adjacent to an activating group) is 2. The molecule has 1 heterocycles. The van der Waals surface area contributed by atoms with E-state index in [2.05, 4.69) is 66.8 Å². The summed E-state index contributed by atoms with van der Waals surface area (Å²) in [6, 6.07) is 10.5. The molecule has 30 heavy (non-hydrogen) atoms. The van der Waals surface area contributed by atoms with Gasteiger partial charge in [-0.15, -0.1) is 35.3 Å². The number of nitrogens with one attached hydrogen (secondary N) is 1. The van der Waals surface area contributed by atoms with Gasteiger partial charge in [-0.2, -0.15) is 0 Å². The van der Waals surface area contributed by atoms with Crippen LogP contribution in [0.1, 0.15) is 23.4 Å². The first-order valence-electron chi connectivity index (χ1n) is 9.90. The molecule has 8 heteroatoms. The van der Waals surface area contributed by atoms with Crippen LogP contribution in [0.4, 0.5) is 0 Å². The van der Waals surface area contributed by atoms with E-state index in [0.29, 0.717) is 6.54 Å². The Bertz CT molecular complexity index is 769. The van der Waals surface area contributed by atoms with Crippen molar-refractivity contribution in [3.05, 3.63) is 46.2 Å². The molecule has 6 nitrogen and oxygen atoms in total. The Morgan fingerprint density at radius 1 is 1.13 bits per heavy atom. The number of rotatable bonds is 10. The highest BCUT2D eigenvalue weighted by atomic mass is 127. The lowest BCUT2D eigenvalue weighted by molar-refractivity contribution is 0.302. The van der Waals surface area contributed by atoms with Gasteiger partial charge in [-0.05, 0) is 56.6 Å². The molecule has 0 radical (unpaired) electrons. The Hall–Kier alpha value is -1.52. The quantitative estimate of drug-likeness (QED) is 0.276. The summed E-state index contributed by atoms with van der Waals surface area (Å²) in [5.41, 5.74) is 1.15. The molecule has 0 aliphatic heterocycles. The topological polar surface area (TPSA) is 49.3 Å². The number of guanidine groups is 1. The zero-order valence-corrected chi connectivity index (χ0v) is 22.0. The first-order valence-corrected chi connectivity index (χ1v) is 10.8. The predicted molar refractivity (Wildman–Crippen MR) is 138 cm³/mol. The van der Waals surface area contributed by atoms with Crippen LogP contribution in [-0.2, 0) is 6.42 Å². The van der Waals surface area contributed by atoms with Crippen LogP contribution in [0, 0.1) is 0 Å². The summed E-state index contributed by atoms with van der Waals surface area (Å²) in [7, 11) is 9.56. The molecule has 1 aromatic heterocycles. The number of nitrogens with zero attached hydrogens (tertiary/aromatic N) is 3. The molecule has 1 unspecified atom stereocenters.